The minimum absolute atomic E-state index is 0. The molecule has 0 heterocycles. The highest BCUT2D eigenvalue weighted by atomic mass is 31.0. The SMILES string of the molecule is C=CCc1ccccc1CC=C.P. The summed E-state index contributed by atoms with van der Waals surface area (Å²) in [7, 11) is 0. The first kappa shape index (κ1) is 12.1. The zero-order valence-electron chi connectivity index (χ0n) is 8.00. The zero-order valence-corrected chi connectivity index (χ0v) is 9.41. The number of benzene rings is 1. The summed E-state index contributed by atoms with van der Waals surface area (Å²) in [4.78, 5) is 0. The second-order valence-corrected chi connectivity index (χ2v) is 2.75. The highest BCUT2D eigenvalue weighted by molar-refractivity contribution is 6.92. The Hall–Kier alpha value is -0.870. The Morgan fingerprint density at radius 3 is 1.62 bits per heavy atom. The maximum Gasteiger partial charge on any atom is -0.00973 e. The van der Waals surface area contributed by atoms with Gasteiger partial charge in [-0.3, -0.25) is 0 Å². The standard InChI is InChI=1S/C12H14.H3P/c1-3-7-11-9-5-6-10-12(11)8-4-2;/h3-6,9-10H,1-2,7-8H2;1H3. The molecular weight excluding hydrogens is 175 g/mol. The van der Waals surface area contributed by atoms with Crippen molar-refractivity contribution < 1.29 is 0 Å². The summed E-state index contributed by atoms with van der Waals surface area (Å²) in [5, 5.41) is 0. The van der Waals surface area contributed by atoms with Gasteiger partial charge in [0.2, 0.25) is 0 Å². The number of hydrogen-bond acceptors (Lipinski definition) is 0. The molecule has 0 radical (unpaired) electrons. The van der Waals surface area contributed by atoms with Crippen LogP contribution in [-0.4, -0.2) is 0 Å². The minimum Gasteiger partial charge on any atom is -0.153 e. The smallest absolute Gasteiger partial charge is 0.00973 e. The fourth-order valence-corrected chi connectivity index (χ4v) is 1.27. The van der Waals surface area contributed by atoms with E-state index in [-0.39, 0.29) is 9.90 Å². The largest absolute Gasteiger partial charge is 0.153 e. The molecule has 1 aromatic carbocycles. The fourth-order valence-electron chi connectivity index (χ4n) is 1.27. The number of allylic oxidation sites excluding steroid dienone is 2. The van der Waals surface area contributed by atoms with Crippen molar-refractivity contribution in [3.63, 3.8) is 0 Å². The van der Waals surface area contributed by atoms with Gasteiger partial charge in [0.15, 0.2) is 0 Å². The van der Waals surface area contributed by atoms with Crippen LogP contribution in [0, 0.1) is 0 Å². The Morgan fingerprint density at radius 1 is 0.923 bits per heavy atom. The number of hydrogen-bond donors (Lipinski definition) is 0. The topological polar surface area (TPSA) is 0 Å². The summed E-state index contributed by atoms with van der Waals surface area (Å²) < 4.78 is 0. The van der Waals surface area contributed by atoms with Gasteiger partial charge in [0, 0.05) is 0 Å². The molecule has 1 aromatic rings. The summed E-state index contributed by atoms with van der Waals surface area (Å²) >= 11 is 0. The van der Waals surface area contributed by atoms with Gasteiger partial charge >= 0.3 is 0 Å². The third-order valence-electron chi connectivity index (χ3n) is 1.85. The molecule has 0 aliphatic rings. The van der Waals surface area contributed by atoms with E-state index in [4.69, 9.17) is 0 Å². The van der Waals surface area contributed by atoms with Gasteiger partial charge in [0.25, 0.3) is 0 Å². The lowest BCUT2D eigenvalue weighted by molar-refractivity contribution is 1.15. The molecule has 0 nitrogen and oxygen atoms in total. The van der Waals surface area contributed by atoms with E-state index in [1.165, 1.54) is 11.1 Å². The zero-order chi connectivity index (χ0) is 8.81. The third kappa shape index (κ3) is 3.57. The quantitative estimate of drug-likeness (QED) is 0.507. The van der Waals surface area contributed by atoms with Crippen molar-refractivity contribution in [2.24, 2.45) is 0 Å². The molecule has 0 spiro atoms. The Bertz CT molecular complexity index is 247. The normalized spacial score (nSPS) is 8.62. The lowest BCUT2D eigenvalue weighted by Gasteiger charge is -2.03. The molecule has 0 fully saturated rings. The third-order valence-corrected chi connectivity index (χ3v) is 1.85. The van der Waals surface area contributed by atoms with Crippen LogP contribution in [0.5, 0.6) is 0 Å². The molecule has 1 rings (SSSR count). The lowest BCUT2D eigenvalue weighted by atomic mass is 10.0. The van der Waals surface area contributed by atoms with E-state index in [1.54, 1.807) is 0 Å². The predicted molar refractivity (Wildman–Crippen MR) is 65.3 cm³/mol. The Morgan fingerprint density at radius 2 is 1.31 bits per heavy atom. The maximum absolute atomic E-state index is 3.73. The van der Waals surface area contributed by atoms with Crippen LogP contribution in [-0.2, 0) is 12.8 Å². The van der Waals surface area contributed by atoms with Gasteiger partial charge in [0.1, 0.15) is 0 Å². The summed E-state index contributed by atoms with van der Waals surface area (Å²) in [6, 6.07) is 8.40. The van der Waals surface area contributed by atoms with Crippen molar-refractivity contribution in [2.45, 2.75) is 12.8 Å². The second kappa shape index (κ2) is 6.62. The minimum atomic E-state index is 0. The van der Waals surface area contributed by atoms with Crippen molar-refractivity contribution in [1.82, 2.24) is 0 Å². The fraction of sp³-hybridized carbons (Fsp3) is 0.167. The van der Waals surface area contributed by atoms with Gasteiger partial charge in [-0.15, -0.1) is 13.2 Å². The summed E-state index contributed by atoms with van der Waals surface area (Å²) in [5.74, 6) is 0. The molecule has 70 valence electrons. The van der Waals surface area contributed by atoms with Crippen molar-refractivity contribution in [3.05, 3.63) is 60.7 Å². The molecule has 0 aliphatic heterocycles. The average molecular weight is 192 g/mol. The van der Waals surface area contributed by atoms with E-state index in [1.807, 2.05) is 12.2 Å². The first-order valence-corrected chi connectivity index (χ1v) is 4.17. The van der Waals surface area contributed by atoms with E-state index in [0.29, 0.717) is 0 Å². The van der Waals surface area contributed by atoms with Gasteiger partial charge in [-0.05, 0) is 24.0 Å². The van der Waals surface area contributed by atoms with Gasteiger partial charge < -0.3 is 0 Å². The van der Waals surface area contributed by atoms with Crippen molar-refractivity contribution in [1.29, 1.82) is 0 Å². The Kier molecular flexibility index (Phi) is 6.18. The molecule has 0 aliphatic carbocycles. The Balaban J connectivity index is 0.00000144. The highest BCUT2D eigenvalue weighted by Crippen LogP contribution is 2.10. The first-order chi connectivity index (χ1) is 5.88. The summed E-state index contributed by atoms with van der Waals surface area (Å²) in [5.41, 5.74) is 2.71. The van der Waals surface area contributed by atoms with Crippen LogP contribution in [0.3, 0.4) is 0 Å². The molecular formula is C12H17P. The first-order valence-electron chi connectivity index (χ1n) is 4.17. The molecule has 0 saturated heterocycles. The molecule has 13 heavy (non-hydrogen) atoms. The molecule has 0 aromatic heterocycles. The van der Waals surface area contributed by atoms with Crippen molar-refractivity contribution >= 4 is 9.90 Å². The van der Waals surface area contributed by atoms with Gasteiger partial charge in [-0.2, -0.15) is 9.90 Å². The molecule has 1 heteroatoms. The van der Waals surface area contributed by atoms with Crippen LogP contribution in [0.4, 0.5) is 0 Å². The molecule has 0 bridgehead atoms. The monoisotopic (exact) mass is 192 g/mol. The van der Waals surface area contributed by atoms with E-state index in [9.17, 15) is 0 Å². The molecule has 0 saturated carbocycles. The average Bonchev–Trinajstić information content (AvgIpc) is 2.09. The van der Waals surface area contributed by atoms with Crippen LogP contribution in [0.1, 0.15) is 11.1 Å². The van der Waals surface area contributed by atoms with Crippen LogP contribution in [0.15, 0.2) is 49.6 Å². The second-order valence-electron chi connectivity index (χ2n) is 2.75. The van der Waals surface area contributed by atoms with Crippen LogP contribution >= 0.6 is 9.90 Å². The van der Waals surface area contributed by atoms with Gasteiger partial charge in [0.05, 0.1) is 0 Å². The van der Waals surface area contributed by atoms with Gasteiger partial charge in [-0.1, -0.05) is 36.4 Å². The van der Waals surface area contributed by atoms with Crippen LogP contribution < -0.4 is 0 Å². The number of rotatable bonds is 4. The van der Waals surface area contributed by atoms with E-state index >= 15 is 0 Å². The van der Waals surface area contributed by atoms with Crippen molar-refractivity contribution in [3.8, 4) is 0 Å². The lowest BCUT2D eigenvalue weighted by Crippen LogP contribution is -1.89. The highest BCUT2D eigenvalue weighted by Gasteiger charge is 1.96. The van der Waals surface area contributed by atoms with Crippen LogP contribution in [0.25, 0.3) is 0 Å². The van der Waals surface area contributed by atoms with Crippen molar-refractivity contribution in [2.75, 3.05) is 0 Å². The molecule has 0 amide bonds. The summed E-state index contributed by atoms with van der Waals surface area (Å²) in [6.07, 6.45) is 5.76. The van der Waals surface area contributed by atoms with Crippen LogP contribution in [0.2, 0.25) is 0 Å². The van der Waals surface area contributed by atoms with E-state index in [0.717, 1.165) is 12.8 Å². The Labute approximate surface area is 84.0 Å². The van der Waals surface area contributed by atoms with E-state index < -0.39 is 0 Å². The summed E-state index contributed by atoms with van der Waals surface area (Å²) in [6.45, 7) is 7.46. The predicted octanol–water partition coefficient (Wildman–Crippen LogP) is 3.20. The van der Waals surface area contributed by atoms with Gasteiger partial charge in [-0.25, -0.2) is 0 Å². The molecule has 1 atom stereocenters. The molecule has 1 unspecified atom stereocenters. The maximum atomic E-state index is 3.73. The molecule has 0 N–H and O–H groups in total. The van der Waals surface area contributed by atoms with E-state index in [2.05, 4.69) is 37.4 Å².